The lowest BCUT2D eigenvalue weighted by atomic mass is 10.3. The Balaban J connectivity index is 2.10. The summed E-state index contributed by atoms with van der Waals surface area (Å²) in [6.07, 6.45) is 1.00. The van der Waals surface area contributed by atoms with Crippen LogP contribution in [0.2, 0.25) is 0 Å². The van der Waals surface area contributed by atoms with Gasteiger partial charge in [-0.2, -0.15) is 0 Å². The zero-order chi connectivity index (χ0) is 9.80. The first kappa shape index (κ1) is 9.27. The van der Waals surface area contributed by atoms with Crippen LogP contribution in [0.1, 0.15) is 13.3 Å². The number of aromatic nitrogens is 2. The molecule has 0 radical (unpaired) electrons. The fraction of sp³-hybridized carbons (Fsp3) is 0.300. The Hall–Kier alpha value is -1.29. The highest BCUT2D eigenvalue weighted by Crippen LogP contribution is 2.24. The molecule has 3 nitrogen and oxygen atoms in total. The van der Waals surface area contributed by atoms with E-state index < -0.39 is 0 Å². The van der Waals surface area contributed by atoms with Crippen molar-refractivity contribution in [2.24, 2.45) is 0 Å². The third-order valence-corrected chi connectivity index (χ3v) is 2.70. The molecule has 0 bridgehead atoms. The Morgan fingerprint density at radius 1 is 1.57 bits per heavy atom. The standard InChI is InChI=1S/C10H12N2OS/c1-2-5-13-10-7-8(11-12-10)9-4-3-6-14-9/h3-4,6-7H,2,5H2,1H3,(H,11,12). The zero-order valence-electron chi connectivity index (χ0n) is 7.99. The smallest absolute Gasteiger partial charge is 0.233 e. The van der Waals surface area contributed by atoms with Crippen LogP contribution in [0.3, 0.4) is 0 Å². The average Bonchev–Trinajstić information content (AvgIpc) is 2.85. The Morgan fingerprint density at radius 3 is 3.21 bits per heavy atom. The van der Waals surface area contributed by atoms with Crippen LogP contribution in [0.4, 0.5) is 0 Å². The van der Waals surface area contributed by atoms with Gasteiger partial charge in [0.15, 0.2) is 0 Å². The maximum atomic E-state index is 5.40. The highest BCUT2D eigenvalue weighted by molar-refractivity contribution is 7.13. The van der Waals surface area contributed by atoms with Gasteiger partial charge in [-0.3, -0.25) is 5.10 Å². The van der Waals surface area contributed by atoms with E-state index in [1.54, 1.807) is 11.3 Å². The number of rotatable bonds is 4. The third-order valence-electron chi connectivity index (χ3n) is 1.80. The fourth-order valence-corrected chi connectivity index (χ4v) is 1.83. The minimum atomic E-state index is 0.676. The van der Waals surface area contributed by atoms with Crippen molar-refractivity contribution in [3.63, 3.8) is 0 Å². The predicted molar refractivity (Wildman–Crippen MR) is 57.7 cm³/mol. The summed E-state index contributed by atoms with van der Waals surface area (Å²) in [5.41, 5.74) is 1.02. The summed E-state index contributed by atoms with van der Waals surface area (Å²) < 4.78 is 5.40. The van der Waals surface area contributed by atoms with Gasteiger partial charge in [-0.1, -0.05) is 13.0 Å². The van der Waals surface area contributed by atoms with Gasteiger partial charge in [-0.15, -0.1) is 16.4 Å². The molecule has 0 atom stereocenters. The van der Waals surface area contributed by atoms with Crippen molar-refractivity contribution < 1.29 is 4.74 Å². The molecule has 0 aliphatic carbocycles. The van der Waals surface area contributed by atoms with Crippen LogP contribution in [0.5, 0.6) is 5.88 Å². The van der Waals surface area contributed by atoms with Gasteiger partial charge in [0, 0.05) is 6.07 Å². The van der Waals surface area contributed by atoms with Gasteiger partial charge >= 0.3 is 0 Å². The second-order valence-corrected chi connectivity index (χ2v) is 3.89. The molecule has 2 aromatic rings. The summed E-state index contributed by atoms with van der Waals surface area (Å²) in [6.45, 7) is 2.79. The van der Waals surface area contributed by atoms with E-state index in [0.29, 0.717) is 12.5 Å². The molecule has 0 fully saturated rings. The fourth-order valence-electron chi connectivity index (χ4n) is 1.14. The summed E-state index contributed by atoms with van der Waals surface area (Å²) >= 11 is 1.69. The molecule has 4 heteroatoms. The minimum absolute atomic E-state index is 0.676. The topological polar surface area (TPSA) is 37.9 Å². The molecule has 0 aromatic carbocycles. The van der Waals surface area contributed by atoms with E-state index >= 15 is 0 Å². The zero-order valence-corrected chi connectivity index (χ0v) is 8.80. The highest BCUT2D eigenvalue weighted by atomic mass is 32.1. The van der Waals surface area contributed by atoms with Gasteiger partial charge in [0.1, 0.15) is 0 Å². The number of ether oxygens (including phenoxy) is 1. The van der Waals surface area contributed by atoms with Gasteiger partial charge in [-0.05, 0) is 17.9 Å². The van der Waals surface area contributed by atoms with Crippen molar-refractivity contribution in [1.82, 2.24) is 10.2 Å². The molecule has 0 saturated heterocycles. The summed E-state index contributed by atoms with van der Waals surface area (Å²) in [6, 6.07) is 6.01. The van der Waals surface area contributed by atoms with E-state index in [4.69, 9.17) is 4.74 Å². The number of hydrogen-bond acceptors (Lipinski definition) is 3. The van der Waals surface area contributed by atoms with Crippen LogP contribution in [-0.4, -0.2) is 16.8 Å². The summed E-state index contributed by atoms with van der Waals surface area (Å²) in [5.74, 6) is 0.676. The largest absolute Gasteiger partial charge is 0.477 e. The number of nitrogens with one attached hydrogen (secondary N) is 1. The molecule has 0 aliphatic rings. The number of H-pyrrole nitrogens is 1. The van der Waals surface area contributed by atoms with Crippen molar-refractivity contribution in [3.05, 3.63) is 23.6 Å². The van der Waals surface area contributed by atoms with Crippen molar-refractivity contribution in [2.45, 2.75) is 13.3 Å². The van der Waals surface area contributed by atoms with Gasteiger partial charge in [-0.25, -0.2) is 0 Å². The van der Waals surface area contributed by atoms with E-state index in [0.717, 1.165) is 12.1 Å². The second-order valence-electron chi connectivity index (χ2n) is 2.95. The van der Waals surface area contributed by atoms with E-state index in [1.807, 2.05) is 17.5 Å². The Kier molecular flexibility index (Phi) is 2.84. The first-order valence-corrected chi connectivity index (χ1v) is 5.50. The average molecular weight is 208 g/mol. The number of aromatic amines is 1. The highest BCUT2D eigenvalue weighted by Gasteiger charge is 2.04. The van der Waals surface area contributed by atoms with Crippen LogP contribution < -0.4 is 4.74 Å². The third kappa shape index (κ3) is 1.96. The molecular formula is C10H12N2OS. The van der Waals surface area contributed by atoms with Crippen LogP contribution in [-0.2, 0) is 0 Å². The van der Waals surface area contributed by atoms with E-state index in [1.165, 1.54) is 4.88 Å². The van der Waals surface area contributed by atoms with Gasteiger partial charge in [0.05, 0.1) is 17.2 Å². The quantitative estimate of drug-likeness (QED) is 0.838. The van der Waals surface area contributed by atoms with Crippen molar-refractivity contribution in [3.8, 4) is 16.5 Å². The summed E-state index contributed by atoms with van der Waals surface area (Å²) in [4.78, 5) is 1.18. The molecule has 0 spiro atoms. The molecule has 74 valence electrons. The van der Waals surface area contributed by atoms with Crippen LogP contribution in [0.15, 0.2) is 23.6 Å². The summed E-state index contributed by atoms with van der Waals surface area (Å²) in [5, 5.41) is 9.07. The van der Waals surface area contributed by atoms with Gasteiger partial charge in [0.25, 0.3) is 0 Å². The van der Waals surface area contributed by atoms with Crippen LogP contribution >= 0.6 is 11.3 Å². The molecule has 1 N–H and O–H groups in total. The monoisotopic (exact) mass is 208 g/mol. The Labute approximate surface area is 86.7 Å². The maximum absolute atomic E-state index is 5.40. The first-order chi connectivity index (χ1) is 6.90. The van der Waals surface area contributed by atoms with Crippen molar-refractivity contribution >= 4 is 11.3 Å². The van der Waals surface area contributed by atoms with E-state index in [-0.39, 0.29) is 0 Å². The molecule has 0 amide bonds. The molecule has 0 saturated carbocycles. The Bertz CT molecular complexity index is 380. The molecular weight excluding hydrogens is 196 g/mol. The molecule has 0 aliphatic heterocycles. The van der Waals surface area contributed by atoms with E-state index in [9.17, 15) is 0 Å². The molecule has 2 rings (SSSR count). The van der Waals surface area contributed by atoms with Gasteiger partial charge in [0.2, 0.25) is 5.88 Å². The van der Waals surface area contributed by atoms with Crippen molar-refractivity contribution in [2.75, 3.05) is 6.61 Å². The normalized spacial score (nSPS) is 10.4. The maximum Gasteiger partial charge on any atom is 0.233 e. The molecule has 2 aromatic heterocycles. The first-order valence-electron chi connectivity index (χ1n) is 4.62. The molecule has 0 unspecified atom stereocenters. The lowest BCUT2D eigenvalue weighted by Gasteiger charge is -1.96. The number of nitrogens with zero attached hydrogens (tertiary/aromatic N) is 1. The van der Waals surface area contributed by atoms with E-state index in [2.05, 4.69) is 23.2 Å². The minimum Gasteiger partial charge on any atom is -0.477 e. The predicted octanol–water partition coefficient (Wildman–Crippen LogP) is 2.93. The van der Waals surface area contributed by atoms with Crippen molar-refractivity contribution in [1.29, 1.82) is 0 Å². The summed E-state index contributed by atoms with van der Waals surface area (Å²) in [7, 11) is 0. The molecule has 2 heterocycles. The number of thiophene rings is 1. The van der Waals surface area contributed by atoms with Gasteiger partial charge < -0.3 is 4.74 Å². The Morgan fingerprint density at radius 2 is 2.50 bits per heavy atom. The van der Waals surface area contributed by atoms with Crippen LogP contribution in [0, 0.1) is 0 Å². The lowest BCUT2D eigenvalue weighted by Crippen LogP contribution is -1.94. The molecule has 14 heavy (non-hydrogen) atoms. The number of hydrogen-bond donors (Lipinski definition) is 1. The SMILES string of the molecule is CCCOc1cc(-c2cccs2)[nH]n1. The second kappa shape index (κ2) is 4.28. The lowest BCUT2D eigenvalue weighted by molar-refractivity contribution is 0.305. The van der Waals surface area contributed by atoms with Crippen LogP contribution in [0.25, 0.3) is 10.6 Å².